The Morgan fingerprint density at radius 1 is 1.26 bits per heavy atom. The van der Waals surface area contributed by atoms with E-state index in [9.17, 15) is 4.21 Å². The molecule has 1 aliphatic rings. The van der Waals surface area contributed by atoms with Gasteiger partial charge in [0.05, 0.1) is 40.8 Å². The lowest BCUT2D eigenvalue weighted by Crippen LogP contribution is -2.08. The normalized spacial score (nSPS) is 16.8. The Morgan fingerprint density at radius 2 is 2.00 bits per heavy atom. The highest BCUT2D eigenvalue weighted by Crippen LogP contribution is 2.29. The van der Waals surface area contributed by atoms with Gasteiger partial charge in [-0.2, -0.15) is 0 Å². The standard InChI is InChI=1S/C16H21N3O3S/c1-4-11-8-13(23(20)5-2)14(17-9-11)15-18-10-12(19(15)3)16-21-6-7-22-16/h8-10,16H,4-7H2,1-3H3. The number of imidazole rings is 1. The van der Waals surface area contributed by atoms with Gasteiger partial charge in [-0.25, -0.2) is 4.98 Å². The average Bonchev–Trinajstić information content (AvgIpc) is 3.23. The van der Waals surface area contributed by atoms with Crippen LogP contribution in [0.3, 0.4) is 0 Å². The number of nitrogens with zero attached hydrogens (tertiary/aromatic N) is 3. The predicted molar refractivity (Wildman–Crippen MR) is 87.4 cm³/mol. The highest BCUT2D eigenvalue weighted by Gasteiger charge is 2.25. The first-order valence-corrected chi connectivity index (χ1v) is 9.10. The highest BCUT2D eigenvalue weighted by atomic mass is 32.2. The van der Waals surface area contributed by atoms with E-state index >= 15 is 0 Å². The largest absolute Gasteiger partial charge is 0.345 e. The monoisotopic (exact) mass is 335 g/mol. The Labute approximate surface area is 138 Å². The van der Waals surface area contributed by atoms with Crippen LogP contribution in [0, 0.1) is 0 Å². The minimum atomic E-state index is -1.09. The van der Waals surface area contributed by atoms with Crippen molar-refractivity contribution in [3.05, 3.63) is 29.7 Å². The number of aryl methyl sites for hydroxylation is 1. The van der Waals surface area contributed by atoms with E-state index in [0.717, 1.165) is 22.6 Å². The van der Waals surface area contributed by atoms with Gasteiger partial charge in [-0.05, 0) is 18.1 Å². The fourth-order valence-corrected chi connectivity index (χ4v) is 3.52. The van der Waals surface area contributed by atoms with Gasteiger partial charge in [0.25, 0.3) is 0 Å². The molecule has 3 heterocycles. The van der Waals surface area contributed by atoms with Gasteiger partial charge in [0.2, 0.25) is 6.29 Å². The molecule has 0 aliphatic carbocycles. The van der Waals surface area contributed by atoms with Crippen molar-refractivity contribution in [2.75, 3.05) is 19.0 Å². The highest BCUT2D eigenvalue weighted by molar-refractivity contribution is 7.85. The van der Waals surface area contributed by atoms with E-state index in [4.69, 9.17) is 9.47 Å². The van der Waals surface area contributed by atoms with Crippen LogP contribution in [-0.2, 0) is 33.7 Å². The Morgan fingerprint density at radius 3 is 2.65 bits per heavy atom. The molecule has 124 valence electrons. The second kappa shape index (κ2) is 6.90. The summed E-state index contributed by atoms with van der Waals surface area (Å²) in [5, 5.41) is 0. The minimum absolute atomic E-state index is 0.392. The molecule has 23 heavy (non-hydrogen) atoms. The maximum Gasteiger partial charge on any atom is 0.200 e. The Kier molecular flexibility index (Phi) is 4.89. The lowest BCUT2D eigenvalue weighted by atomic mass is 10.2. The van der Waals surface area contributed by atoms with Crippen LogP contribution in [0.25, 0.3) is 11.5 Å². The van der Waals surface area contributed by atoms with E-state index < -0.39 is 17.1 Å². The van der Waals surface area contributed by atoms with Crippen molar-refractivity contribution < 1.29 is 13.7 Å². The lowest BCUT2D eigenvalue weighted by molar-refractivity contribution is -0.0491. The molecule has 0 spiro atoms. The van der Waals surface area contributed by atoms with Gasteiger partial charge in [0.1, 0.15) is 5.69 Å². The van der Waals surface area contributed by atoms with Crippen molar-refractivity contribution in [2.24, 2.45) is 7.05 Å². The third kappa shape index (κ3) is 3.08. The summed E-state index contributed by atoms with van der Waals surface area (Å²) in [6.45, 7) is 5.13. The fourth-order valence-electron chi connectivity index (χ4n) is 2.57. The van der Waals surface area contributed by atoms with E-state index in [1.165, 1.54) is 0 Å². The van der Waals surface area contributed by atoms with Crippen LogP contribution >= 0.6 is 0 Å². The van der Waals surface area contributed by atoms with Crippen LogP contribution in [0.15, 0.2) is 23.4 Å². The van der Waals surface area contributed by atoms with Crippen molar-refractivity contribution in [1.82, 2.24) is 14.5 Å². The summed E-state index contributed by atoms with van der Waals surface area (Å²) in [4.78, 5) is 9.74. The smallest absolute Gasteiger partial charge is 0.200 e. The number of hydrogen-bond acceptors (Lipinski definition) is 5. The number of aromatic nitrogens is 3. The van der Waals surface area contributed by atoms with Crippen LogP contribution in [0.4, 0.5) is 0 Å². The molecule has 0 amide bonds. The SMILES string of the molecule is CCc1cnc(-c2ncc(C3OCCO3)n2C)c(S(=O)CC)c1. The molecule has 1 saturated heterocycles. The molecule has 2 aromatic heterocycles. The summed E-state index contributed by atoms with van der Waals surface area (Å²) in [7, 11) is 0.806. The van der Waals surface area contributed by atoms with Crippen molar-refractivity contribution in [3.8, 4) is 11.5 Å². The van der Waals surface area contributed by atoms with Crippen molar-refractivity contribution in [3.63, 3.8) is 0 Å². The van der Waals surface area contributed by atoms with E-state index in [2.05, 4.69) is 16.9 Å². The zero-order chi connectivity index (χ0) is 16.4. The molecule has 0 aromatic carbocycles. The quantitative estimate of drug-likeness (QED) is 0.838. The second-order valence-electron chi connectivity index (χ2n) is 5.32. The molecule has 1 unspecified atom stereocenters. The van der Waals surface area contributed by atoms with Gasteiger partial charge in [0, 0.05) is 19.0 Å². The lowest BCUT2D eigenvalue weighted by Gasteiger charge is -2.13. The fraction of sp³-hybridized carbons (Fsp3) is 0.500. The van der Waals surface area contributed by atoms with Crippen molar-refractivity contribution in [1.29, 1.82) is 0 Å². The van der Waals surface area contributed by atoms with E-state index in [1.54, 1.807) is 6.20 Å². The minimum Gasteiger partial charge on any atom is -0.345 e. The first-order chi connectivity index (χ1) is 11.2. The van der Waals surface area contributed by atoms with Crippen LogP contribution in [0.2, 0.25) is 0 Å². The first-order valence-electron chi connectivity index (χ1n) is 7.78. The Hall–Kier alpha value is -1.57. The average molecular weight is 335 g/mol. The van der Waals surface area contributed by atoms with Gasteiger partial charge < -0.3 is 14.0 Å². The summed E-state index contributed by atoms with van der Waals surface area (Å²) in [5.41, 5.74) is 2.57. The molecular weight excluding hydrogens is 314 g/mol. The van der Waals surface area contributed by atoms with Gasteiger partial charge in [0.15, 0.2) is 5.82 Å². The van der Waals surface area contributed by atoms with E-state index in [-0.39, 0.29) is 0 Å². The molecule has 0 saturated carbocycles. The second-order valence-corrected chi connectivity index (χ2v) is 7.03. The summed E-state index contributed by atoms with van der Waals surface area (Å²) in [5.74, 6) is 1.23. The Balaban J connectivity index is 2.06. The molecule has 3 rings (SSSR count). The number of rotatable bonds is 5. The molecular formula is C16H21N3O3S. The van der Waals surface area contributed by atoms with Gasteiger partial charge in [-0.1, -0.05) is 13.8 Å². The van der Waals surface area contributed by atoms with E-state index in [1.807, 2.05) is 30.8 Å². The molecule has 1 aliphatic heterocycles. The Bertz CT molecular complexity index is 723. The maximum absolute atomic E-state index is 12.4. The van der Waals surface area contributed by atoms with E-state index in [0.29, 0.717) is 30.5 Å². The van der Waals surface area contributed by atoms with Crippen LogP contribution in [-0.4, -0.2) is 37.7 Å². The third-order valence-electron chi connectivity index (χ3n) is 3.92. The summed E-state index contributed by atoms with van der Waals surface area (Å²) >= 11 is 0. The van der Waals surface area contributed by atoms with Gasteiger partial charge in [-0.3, -0.25) is 9.19 Å². The number of pyridine rings is 1. The summed E-state index contributed by atoms with van der Waals surface area (Å²) in [6, 6.07) is 1.97. The van der Waals surface area contributed by atoms with Gasteiger partial charge in [-0.15, -0.1) is 0 Å². The molecule has 0 bridgehead atoms. The van der Waals surface area contributed by atoms with Gasteiger partial charge >= 0.3 is 0 Å². The number of hydrogen-bond donors (Lipinski definition) is 0. The first kappa shape index (κ1) is 16.3. The third-order valence-corrected chi connectivity index (χ3v) is 5.25. The summed E-state index contributed by atoms with van der Waals surface area (Å²) in [6.07, 6.45) is 4.02. The van der Waals surface area contributed by atoms with Crippen LogP contribution < -0.4 is 0 Å². The summed E-state index contributed by atoms with van der Waals surface area (Å²) < 4.78 is 25.4. The molecule has 7 heteroatoms. The number of ether oxygens (including phenoxy) is 2. The zero-order valence-electron chi connectivity index (χ0n) is 13.6. The molecule has 0 radical (unpaired) electrons. The molecule has 2 aromatic rings. The molecule has 6 nitrogen and oxygen atoms in total. The van der Waals surface area contributed by atoms with Crippen molar-refractivity contribution >= 4 is 10.8 Å². The maximum atomic E-state index is 12.4. The molecule has 1 fully saturated rings. The molecule has 0 N–H and O–H groups in total. The predicted octanol–water partition coefficient (Wildman–Crippen LogP) is 2.22. The topological polar surface area (TPSA) is 66.2 Å². The zero-order valence-corrected chi connectivity index (χ0v) is 14.4. The van der Waals surface area contributed by atoms with Crippen LogP contribution in [0.5, 0.6) is 0 Å². The molecule has 1 atom stereocenters. The van der Waals surface area contributed by atoms with Crippen LogP contribution in [0.1, 0.15) is 31.4 Å². The van der Waals surface area contributed by atoms with Crippen molar-refractivity contribution in [2.45, 2.75) is 31.5 Å².